The highest BCUT2D eigenvalue weighted by molar-refractivity contribution is 6.00. The van der Waals surface area contributed by atoms with Gasteiger partial charge >= 0.3 is 0 Å². The predicted molar refractivity (Wildman–Crippen MR) is 116 cm³/mol. The Hall–Kier alpha value is -3.80. The molecule has 0 saturated carbocycles. The molecule has 176 valence electrons. The van der Waals surface area contributed by atoms with E-state index in [1.54, 1.807) is 22.2 Å². The van der Waals surface area contributed by atoms with E-state index < -0.39 is 24.0 Å². The number of hydrogen-bond acceptors (Lipinski definition) is 8. The fraction of sp³-hybridized carbons (Fsp3) is 0.409. The van der Waals surface area contributed by atoms with Crippen molar-refractivity contribution < 1.29 is 23.6 Å². The first-order valence-electron chi connectivity index (χ1n) is 11.1. The van der Waals surface area contributed by atoms with Crippen molar-refractivity contribution in [2.75, 3.05) is 24.8 Å². The van der Waals surface area contributed by atoms with Crippen LogP contribution in [0, 0.1) is 5.82 Å². The molecule has 12 heteroatoms. The van der Waals surface area contributed by atoms with Gasteiger partial charge in [0.25, 0.3) is 5.91 Å². The molecule has 0 aliphatic carbocycles. The second-order valence-electron chi connectivity index (χ2n) is 8.61. The highest BCUT2D eigenvalue weighted by Crippen LogP contribution is 2.39. The highest BCUT2D eigenvalue weighted by Gasteiger charge is 2.38. The van der Waals surface area contributed by atoms with E-state index in [4.69, 9.17) is 9.57 Å². The average Bonchev–Trinajstić information content (AvgIpc) is 3.47. The van der Waals surface area contributed by atoms with E-state index in [0.29, 0.717) is 48.6 Å². The number of carbonyl (C=O) groups is 2. The number of rotatable bonds is 0. The molecule has 3 aliphatic rings. The van der Waals surface area contributed by atoms with Gasteiger partial charge in [-0.3, -0.25) is 14.4 Å². The molecule has 3 aromatic rings. The van der Waals surface area contributed by atoms with Crippen molar-refractivity contribution in [1.82, 2.24) is 29.8 Å². The van der Waals surface area contributed by atoms with Crippen molar-refractivity contribution in [3.63, 3.8) is 0 Å². The first-order valence-corrected chi connectivity index (χ1v) is 11.1. The zero-order chi connectivity index (χ0) is 23.4. The standard InChI is InChI=1S/C22H22FN7O4/c1-12(31)28-5-2-16-18(11-28)34-22-14(8-13(23)9-24-22)17-4-7-33-30(17)19-3-6-29-20(27-19)15(10-25-29)21(32)26-16/h3,6,8-10,16-18H,2,4-5,7,11H2,1H3,(H,26,32)/t16-,17-,18+/m1/s1. The van der Waals surface area contributed by atoms with E-state index >= 15 is 0 Å². The van der Waals surface area contributed by atoms with Crippen LogP contribution in [-0.2, 0) is 9.63 Å². The number of halogens is 1. The summed E-state index contributed by atoms with van der Waals surface area (Å²) in [7, 11) is 0. The van der Waals surface area contributed by atoms with Crippen LogP contribution in [-0.4, -0.2) is 68.1 Å². The molecule has 2 bridgehead atoms. The van der Waals surface area contributed by atoms with Gasteiger partial charge in [0.15, 0.2) is 11.5 Å². The number of ether oxygens (including phenoxy) is 1. The summed E-state index contributed by atoms with van der Waals surface area (Å²) in [5.74, 6) is -0.240. The number of piperidine rings is 1. The maximum Gasteiger partial charge on any atom is 0.257 e. The molecule has 6 rings (SSSR count). The molecule has 0 aromatic carbocycles. The Morgan fingerprint density at radius 3 is 3.03 bits per heavy atom. The number of pyridine rings is 1. The molecule has 0 radical (unpaired) electrons. The van der Waals surface area contributed by atoms with Crippen LogP contribution in [0.2, 0.25) is 0 Å². The molecule has 34 heavy (non-hydrogen) atoms. The Labute approximate surface area is 193 Å². The molecule has 0 spiro atoms. The van der Waals surface area contributed by atoms with Gasteiger partial charge in [0.2, 0.25) is 11.8 Å². The number of fused-ring (bicyclic) bond motifs is 6. The summed E-state index contributed by atoms with van der Waals surface area (Å²) in [5, 5.41) is 8.86. The van der Waals surface area contributed by atoms with E-state index in [9.17, 15) is 14.0 Å². The van der Waals surface area contributed by atoms with Gasteiger partial charge in [-0.05, 0) is 12.5 Å². The Bertz CT molecular complexity index is 1300. The predicted octanol–water partition coefficient (Wildman–Crippen LogP) is 1.26. The summed E-state index contributed by atoms with van der Waals surface area (Å²) < 4.78 is 22.2. The van der Waals surface area contributed by atoms with Gasteiger partial charge in [-0.25, -0.2) is 23.9 Å². The van der Waals surface area contributed by atoms with E-state index in [1.165, 1.54) is 23.7 Å². The zero-order valence-corrected chi connectivity index (χ0v) is 18.3. The maximum atomic E-state index is 14.3. The molecule has 1 N–H and O–H groups in total. The van der Waals surface area contributed by atoms with Crippen LogP contribution in [0.15, 0.2) is 30.7 Å². The third kappa shape index (κ3) is 3.41. The minimum absolute atomic E-state index is 0.0856. The number of aromatic nitrogens is 4. The molecular weight excluding hydrogens is 445 g/mol. The number of hydroxylamine groups is 1. The van der Waals surface area contributed by atoms with E-state index in [-0.39, 0.29) is 24.2 Å². The highest BCUT2D eigenvalue weighted by atomic mass is 19.1. The lowest BCUT2D eigenvalue weighted by atomic mass is 10.0. The number of amides is 2. The van der Waals surface area contributed by atoms with Crippen LogP contribution >= 0.6 is 0 Å². The number of nitrogens with one attached hydrogen (secondary N) is 1. The Balaban J connectivity index is 1.51. The summed E-state index contributed by atoms with van der Waals surface area (Å²) >= 11 is 0. The average molecular weight is 467 g/mol. The van der Waals surface area contributed by atoms with Gasteiger partial charge in [-0.1, -0.05) is 0 Å². The first kappa shape index (κ1) is 20.8. The summed E-state index contributed by atoms with van der Waals surface area (Å²) in [6.45, 7) is 2.63. The van der Waals surface area contributed by atoms with Crippen molar-refractivity contribution >= 4 is 23.3 Å². The van der Waals surface area contributed by atoms with Crippen LogP contribution < -0.4 is 15.1 Å². The Kier molecular flexibility index (Phi) is 4.83. The smallest absolute Gasteiger partial charge is 0.257 e. The molecule has 2 saturated heterocycles. The minimum atomic E-state index is -0.586. The van der Waals surface area contributed by atoms with Crippen molar-refractivity contribution in [2.24, 2.45) is 0 Å². The van der Waals surface area contributed by atoms with Crippen molar-refractivity contribution in [3.05, 3.63) is 47.7 Å². The topological polar surface area (TPSA) is 114 Å². The number of carbonyl (C=O) groups excluding carboxylic acids is 2. The van der Waals surface area contributed by atoms with Gasteiger partial charge in [-0.15, -0.1) is 0 Å². The lowest BCUT2D eigenvalue weighted by molar-refractivity contribution is -0.131. The number of likely N-dealkylation sites (tertiary alicyclic amines) is 1. The molecule has 2 amide bonds. The monoisotopic (exact) mass is 467 g/mol. The summed E-state index contributed by atoms with van der Waals surface area (Å²) in [6, 6.07) is 2.29. The Morgan fingerprint density at radius 2 is 2.18 bits per heavy atom. The second-order valence-corrected chi connectivity index (χ2v) is 8.61. The van der Waals surface area contributed by atoms with Crippen molar-refractivity contribution in [1.29, 1.82) is 0 Å². The van der Waals surface area contributed by atoms with Gasteiger partial charge in [0.1, 0.15) is 17.5 Å². The van der Waals surface area contributed by atoms with Crippen LogP contribution in [0.3, 0.4) is 0 Å². The summed E-state index contributed by atoms with van der Waals surface area (Å²) in [4.78, 5) is 41.7. The lowest BCUT2D eigenvalue weighted by Gasteiger charge is -2.38. The molecule has 0 unspecified atom stereocenters. The summed E-state index contributed by atoms with van der Waals surface area (Å²) in [5.41, 5.74) is 1.20. The van der Waals surface area contributed by atoms with Crippen LogP contribution in [0.4, 0.5) is 10.2 Å². The first-order chi connectivity index (χ1) is 16.5. The molecule has 3 aromatic heterocycles. The fourth-order valence-corrected chi connectivity index (χ4v) is 4.78. The van der Waals surface area contributed by atoms with E-state index in [0.717, 1.165) is 6.20 Å². The Morgan fingerprint density at radius 1 is 1.29 bits per heavy atom. The van der Waals surface area contributed by atoms with Gasteiger partial charge in [0, 0.05) is 37.7 Å². The normalized spacial score (nSPS) is 24.3. The van der Waals surface area contributed by atoms with E-state index in [1.807, 2.05) is 0 Å². The molecule has 3 atom stereocenters. The van der Waals surface area contributed by atoms with Crippen LogP contribution in [0.1, 0.15) is 41.7 Å². The lowest BCUT2D eigenvalue weighted by Crippen LogP contribution is -2.57. The fourth-order valence-electron chi connectivity index (χ4n) is 4.78. The molecule has 11 nitrogen and oxygen atoms in total. The molecule has 6 heterocycles. The third-order valence-corrected chi connectivity index (χ3v) is 6.52. The third-order valence-electron chi connectivity index (χ3n) is 6.52. The zero-order valence-electron chi connectivity index (χ0n) is 18.3. The molecular formula is C22H22FN7O4. The number of anilines is 1. The summed E-state index contributed by atoms with van der Waals surface area (Å²) in [6.07, 6.45) is 4.72. The number of hydrogen-bond donors (Lipinski definition) is 1. The molecule has 3 aliphatic heterocycles. The van der Waals surface area contributed by atoms with E-state index in [2.05, 4.69) is 20.4 Å². The minimum Gasteiger partial charge on any atom is -0.470 e. The van der Waals surface area contributed by atoms with Crippen molar-refractivity contribution in [2.45, 2.75) is 38.0 Å². The van der Waals surface area contributed by atoms with Crippen molar-refractivity contribution in [3.8, 4) is 5.88 Å². The van der Waals surface area contributed by atoms with Gasteiger partial charge in [-0.2, -0.15) is 5.10 Å². The van der Waals surface area contributed by atoms with Gasteiger partial charge in [0.05, 0.1) is 37.6 Å². The number of nitrogens with zero attached hydrogens (tertiary/aromatic N) is 6. The van der Waals surface area contributed by atoms with Crippen LogP contribution in [0.25, 0.3) is 5.65 Å². The second kappa shape index (κ2) is 7.90. The SMILES string of the molecule is CC(=O)N1CC[C@H]2NC(=O)c3cnn4ccc(nc34)N3OCC[C@@H]3c3cc(F)cnc3O[C@H]2C1. The quantitative estimate of drug-likeness (QED) is 0.526. The molecule has 2 fully saturated rings. The van der Waals surface area contributed by atoms with Crippen LogP contribution in [0.5, 0.6) is 5.88 Å². The largest absolute Gasteiger partial charge is 0.470 e. The maximum absolute atomic E-state index is 14.3. The van der Waals surface area contributed by atoms with Gasteiger partial charge < -0.3 is 15.0 Å².